The summed E-state index contributed by atoms with van der Waals surface area (Å²) in [6, 6.07) is 11.8. The second-order valence-corrected chi connectivity index (χ2v) is 6.01. The molecule has 24 heavy (non-hydrogen) atoms. The Labute approximate surface area is 141 Å². The van der Waals surface area contributed by atoms with Gasteiger partial charge in [0.1, 0.15) is 5.82 Å². The first-order chi connectivity index (χ1) is 11.4. The molecule has 0 saturated carbocycles. The summed E-state index contributed by atoms with van der Waals surface area (Å²) < 4.78 is 24.2. The predicted molar refractivity (Wildman–Crippen MR) is 90.8 cm³/mol. The van der Waals surface area contributed by atoms with Gasteiger partial charge in [-0.2, -0.15) is 0 Å². The molecule has 0 radical (unpaired) electrons. The molecule has 0 aliphatic rings. The summed E-state index contributed by atoms with van der Waals surface area (Å²) in [5.41, 5.74) is 0.599. The maximum Gasteiger partial charge on any atom is 0.225 e. The van der Waals surface area contributed by atoms with Crippen LogP contribution in [0.4, 0.5) is 4.39 Å². The average molecular weight is 331 g/mol. The van der Waals surface area contributed by atoms with Crippen LogP contribution in [0.3, 0.4) is 0 Å². The van der Waals surface area contributed by atoms with Gasteiger partial charge in [-0.05, 0) is 43.2 Å². The van der Waals surface area contributed by atoms with Crippen LogP contribution in [0.5, 0.6) is 11.5 Å². The number of ether oxygens (including phenoxy) is 2. The first-order valence-electron chi connectivity index (χ1n) is 7.64. The van der Waals surface area contributed by atoms with Crippen LogP contribution in [0.15, 0.2) is 42.5 Å². The zero-order chi connectivity index (χ0) is 17.7. The average Bonchev–Trinajstić information content (AvgIpc) is 2.55. The summed E-state index contributed by atoms with van der Waals surface area (Å²) in [5.74, 6) is 0.581. The normalized spacial score (nSPS) is 11.0. The van der Waals surface area contributed by atoms with Crippen LogP contribution in [0.2, 0.25) is 0 Å². The van der Waals surface area contributed by atoms with Crippen LogP contribution in [0, 0.1) is 5.82 Å². The lowest BCUT2D eigenvalue weighted by Gasteiger charge is -2.27. The summed E-state index contributed by atoms with van der Waals surface area (Å²) >= 11 is 0. The molecule has 0 aromatic heterocycles. The molecule has 5 heteroatoms. The molecule has 0 unspecified atom stereocenters. The second-order valence-electron chi connectivity index (χ2n) is 6.01. The molecule has 2 rings (SSSR count). The topological polar surface area (TPSA) is 47.6 Å². The van der Waals surface area contributed by atoms with E-state index in [0.29, 0.717) is 17.1 Å². The lowest BCUT2D eigenvalue weighted by atomic mass is 9.93. The number of halogens is 1. The van der Waals surface area contributed by atoms with E-state index in [1.54, 1.807) is 38.5 Å². The van der Waals surface area contributed by atoms with Crippen molar-refractivity contribution in [1.82, 2.24) is 5.32 Å². The molecule has 0 atom stereocenters. The number of carbonyl (C=O) groups is 1. The van der Waals surface area contributed by atoms with Crippen LogP contribution >= 0.6 is 0 Å². The van der Waals surface area contributed by atoms with Gasteiger partial charge in [0.15, 0.2) is 11.5 Å². The number of amides is 1. The molecule has 2 aromatic rings. The summed E-state index contributed by atoms with van der Waals surface area (Å²) in [6.07, 6.45) is -0.0105. The standard InChI is InChI=1S/C19H22FNO3/c1-19(2,14-9-10-16(23-3)17(12-14)24-4)21-18(22)11-13-7-5-6-8-15(13)20/h5-10,12H,11H2,1-4H3,(H,21,22). The molecule has 0 spiro atoms. The third-order valence-electron chi connectivity index (χ3n) is 3.87. The highest BCUT2D eigenvalue weighted by atomic mass is 19.1. The van der Waals surface area contributed by atoms with E-state index in [-0.39, 0.29) is 18.1 Å². The van der Waals surface area contributed by atoms with Crippen molar-refractivity contribution in [1.29, 1.82) is 0 Å². The van der Waals surface area contributed by atoms with Gasteiger partial charge in [0.2, 0.25) is 5.91 Å². The maximum absolute atomic E-state index is 13.7. The molecule has 0 aliphatic heterocycles. The fraction of sp³-hybridized carbons (Fsp3) is 0.316. The monoisotopic (exact) mass is 331 g/mol. The molecular weight excluding hydrogens is 309 g/mol. The Bertz CT molecular complexity index is 728. The molecule has 1 N–H and O–H groups in total. The van der Waals surface area contributed by atoms with Crippen LogP contribution in [-0.4, -0.2) is 20.1 Å². The SMILES string of the molecule is COc1ccc(C(C)(C)NC(=O)Cc2ccccc2F)cc1OC. The number of benzene rings is 2. The van der Waals surface area contributed by atoms with E-state index in [0.717, 1.165) is 5.56 Å². The fourth-order valence-corrected chi connectivity index (χ4v) is 2.50. The summed E-state index contributed by atoms with van der Waals surface area (Å²) in [6.45, 7) is 3.76. The van der Waals surface area contributed by atoms with Crippen LogP contribution in [0.1, 0.15) is 25.0 Å². The summed E-state index contributed by atoms with van der Waals surface area (Å²) in [7, 11) is 3.13. The van der Waals surface area contributed by atoms with Gasteiger partial charge in [-0.1, -0.05) is 24.3 Å². The zero-order valence-corrected chi connectivity index (χ0v) is 14.4. The minimum Gasteiger partial charge on any atom is -0.493 e. The minimum atomic E-state index is -0.637. The number of nitrogens with one attached hydrogen (secondary N) is 1. The van der Waals surface area contributed by atoms with Crippen molar-refractivity contribution in [2.75, 3.05) is 14.2 Å². The second kappa shape index (κ2) is 7.34. The minimum absolute atomic E-state index is 0.0105. The van der Waals surface area contributed by atoms with Gasteiger partial charge in [0.05, 0.1) is 26.2 Å². The van der Waals surface area contributed by atoms with Crippen LogP contribution in [-0.2, 0) is 16.8 Å². The van der Waals surface area contributed by atoms with Gasteiger partial charge in [-0.15, -0.1) is 0 Å². The van der Waals surface area contributed by atoms with Crippen LogP contribution in [0.25, 0.3) is 0 Å². The van der Waals surface area contributed by atoms with E-state index in [2.05, 4.69) is 5.32 Å². The highest BCUT2D eigenvalue weighted by molar-refractivity contribution is 5.79. The number of hydrogen-bond acceptors (Lipinski definition) is 3. The molecular formula is C19H22FNO3. The smallest absolute Gasteiger partial charge is 0.225 e. The fourth-order valence-electron chi connectivity index (χ4n) is 2.50. The van der Waals surface area contributed by atoms with E-state index >= 15 is 0 Å². The van der Waals surface area contributed by atoms with Crippen molar-refractivity contribution >= 4 is 5.91 Å². The van der Waals surface area contributed by atoms with Crippen molar-refractivity contribution < 1.29 is 18.7 Å². The van der Waals surface area contributed by atoms with Gasteiger partial charge >= 0.3 is 0 Å². The van der Waals surface area contributed by atoms with Crippen molar-refractivity contribution in [2.24, 2.45) is 0 Å². The first kappa shape index (κ1) is 17.8. The third-order valence-corrected chi connectivity index (χ3v) is 3.87. The Morgan fingerprint density at radius 1 is 1.08 bits per heavy atom. The molecule has 0 saturated heterocycles. The highest BCUT2D eigenvalue weighted by Crippen LogP contribution is 2.32. The van der Waals surface area contributed by atoms with E-state index < -0.39 is 5.54 Å². The highest BCUT2D eigenvalue weighted by Gasteiger charge is 2.24. The Hall–Kier alpha value is -2.56. The molecule has 2 aromatic carbocycles. The van der Waals surface area contributed by atoms with Gasteiger partial charge < -0.3 is 14.8 Å². The zero-order valence-electron chi connectivity index (χ0n) is 14.4. The van der Waals surface area contributed by atoms with Gasteiger partial charge in [0.25, 0.3) is 0 Å². The molecule has 0 heterocycles. The molecule has 0 bridgehead atoms. The summed E-state index contributed by atoms with van der Waals surface area (Å²) in [4.78, 5) is 12.3. The largest absolute Gasteiger partial charge is 0.493 e. The van der Waals surface area contributed by atoms with Gasteiger partial charge in [-0.3, -0.25) is 4.79 Å². The maximum atomic E-state index is 13.7. The van der Waals surface area contributed by atoms with E-state index in [9.17, 15) is 9.18 Å². The molecule has 0 fully saturated rings. The molecule has 4 nitrogen and oxygen atoms in total. The molecule has 0 aliphatic carbocycles. The number of hydrogen-bond donors (Lipinski definition) is 1. The molecule has 128 valence electrons. The van der Waals surface area contributed by atoms with Gasteiger partial charge in [0, 0.05) is 0 Å². The lowest BCUT2D eigenvalue weighted by molar-refractivity contribution is -0.122. The van der Waals surface area contributed by atoms with E-state index in [1.807, 2.05) is 26.0 Å². The first-order valence-corrected chi connectivity index (χ1v) is 7.64. The Balaban J connectivity index is 2.15. The van der Waals surface area contributed by atoms with E-state index in [1.165, 1.54) is 6.07 Å². The number of rotatable bonds is 6. The van der Waals surface area contributed by atoms with Crippen LogP contribution < -0.4 is 14.8 Å². The lowest BCUT2D eigenvalue weighted by Crippen LogP contribution is -2.41. The van der Waals surface area contributed by atoms with Crippen molar-refractivity contribution in [3.63, 3.8) is 0 Å². The molecule has 1 amide bonds. The number of methoxy groups -OCH3 is 2. The quantitative estimate of drug-likeness (QED) is 0.882. The predicted octanol–water partition coefficient (Wildman–Crippen LogP) is 3.44. The third kappa shape index (κ3) is 4.04. The Morgan fingerprint density at radius 3 is 2.38 bits per heavy atom. The Kier molecular flexibility index (Phi) is 5.44. The van der Waals surface area contributed by atoms with Crippen molar-refractivity contribution in [3.05, 3.63) is 59.4 Å². The number of carbonyl (C=O) groups excluding carboxylic acids is 1. The summed E-state index contributed by atoms with van der Waals surface area (Å²) in [5, 5.41) is 2.94. The van der Waals surface area contributed by atoms with E-state index in [4.69, 9.17) is 9.47 Å². The Morgan fingerprint density at radius 2 is 1.75 bits per heavy atom. The van der Waals surface area contributed by atoms with Gasteiger partial charge in [-0.25, -0.2) is 4.39 Å². The van der Waals surface area contributed by atoms with Crippen molar-refractivity contribution in [3.8, 4) is 11.5 Å². The van der Waals surface area contributed by atoms with Crippen molar-refractivity contribution in [2.45, 2.75) is 25.8 Å².